The Labute approximate surface area is 247 Å². The number of pyridine rings is 1. The molecule has 6 rings (SSSR count). The van der Waals surface area contributed by atoms with Crippen LogP contribution in [0.2, 0.25) is 0 Å². The molecule has 1 unspecified atom stereocenters. The van der Waals surface area contributed by atoms with E-state index in [0.717, 1.165) is 94.1 Å². The number of piperazine rings is 1. The quantitative estimate of drug-likeness (QED) is 0.439. The zero-order chi connectivity index (χ0) is 29.3. The van der Waals surface area contributed by atoms with Crippen molar-refractivity contribution in [3.05, 3.63) is 76.0 Å². The second-order valence-electron chi connectivity index (χ2n) is 12.5. The summed E-state index contributed by atoms with van der Waals surface area (Å²) >= 11 is 0. The van der Waals surface area contributed by atoms with Crippen molar-refractivity contribution in [2.75, 3.05) is 50.7 Å². The van der Waals surface area contributed by atoms with Gasteiger partial charge in [0.2, 0.25) is 0 Å². The van der Waals surface area contributed by atoms with Crippen molar-refractivity contribution < 1.29 is 17.9 Å². The number of nitrogens with zero attached hydrogens (tertiary/aromatic N) is 3. The minimum absolute atomic E-state index is 0.0697. The third-order valence-corrected chi connectivity index (χ3v) is 9.48. The number of fused-ring (bicyclic) bond motifs is 1. The van der Waals surface area contributed by atoms with Gasteiger partial charge in [-0.3, -0.25) is 0 Å². The predicted molar refractivity (Wildman–Crippen MR) is 162 cm³/mol. The number of alkyl halides is 3. The van der Waals surface area contributed by atoms with Crippen LogP contribution in [-0.4, -0.2) is 67.9 Å². The van der Waals surface area contributed by atoms with Crippen LogP contribution in [0.4, 0.5) is 19.0 Å². The minimum atomic E-state index is -4.35. The maximum Gasteiger partial charge on any atom is 0.416 e. The van der Waals surface area contributed by atoms with Crippen LogP contribution < -0.4 is 10.2 Å². The van der Waals surface area contributed by atoms with E-state index < -0.39 is 11.7 Å². The number of aryl methyl sites for hydroxylation is 1. The van der Waals surface area contributed by atoms with Gasteiger partial charge in [-0.05, 0) is 111 Å². The number of aromatic nitrogens is 1. The van der Waals surface area contributed by atoms with Gasteiger partial charge >= 0.3 is 6.18 Å². The number of anilines is 1. The van der Waals surface area contributed by atoms with Crippen LogP contribution >= 0.6 is 0 Å². The van der Waals surface area contributed by atoms with Crippen LogP contribution in [-0.2, 0) is 17.3 Å². The van der Waals surface area contributed by atoms with Gasteiger partial charge < -0.3 is 19.9 Å². The summed E-state index contributed by atoms with van der Waals surface area (Å²) in [5.74, 6) is 1.82. The van der Waals surface area contributed by atoms with Crippen molar-refractivity contribution in [2.45, 2.75) is 76.2 Å². The van der Waals surface area contributed by atoms with Crippen LogP contribution in [0, 0.1) is 6.92 Å². The number of halogens is 3. The lowest BCUT2D eigenvalue weighted by atomic mass is 9.80. The van der Waals surface area contributed by atoms with Crippen LogP contribution in [0.1, 0.15) is 78.0 Å². The molecule has 0 bridgehead atoms. The number of likely N-dealkylation sites (tertiary alicyclic amines) is 1. The van der Waals surface area contributed by atoms with Crippen LogP contribution in [0.25, 0.3) is 6.08 Å². The molecule has 226 valence electrons. The topological polar surface area (TPSA) is 40.6 Å². The van der Waals surface area contributed by atoms with E-state index in [1.54, 1.807) is 6.07 Å². The maximum atomic E-state index is 13.8. The van der Waals surface area contributed by atoms with Crippen molar-refractivity contribution in [1.82, 2.24) is 15.2 Å². The zero-order valence-corrected chi connectivity index (χ0v) is 24.8. The van der Waals surface area contributed by atoms with Gasteiger partial charge in [0.25, 0.3) is 0 Å². The van der Waals surface area contributed by atoms with E-state index in [-0.39, 0.29) is 18.1 Å². The highest BCUT2D eigenvalue weighted by Crippen LogP contribution is 2.42. The number of allylic oxidation sites excluding steroid dienone is 3. The molecule has 3 saturated heterocycles. The SMILES string of the molecule is Cc1cc(C2CCN(C[C@H]3CC(c4ccc(C(F)(F)F)c5c4C=CC=CC5)C[C@@H](C)O3)CC2)cc(N2CCNCC2)n1. The Morgan fingerprint density at radius 1 is 1.00 bits per heavy atom. The number of ether oxygens (including phenoxy) is 1. The van der Waals surface area contributed by atoms with Crippen molar-refractivity contribution in [1.29, 1.82) is 0 Å². The molecule has 0 radical (unpaired) electrons. The summed E-state index contributed by atoms with van der Waals surface area (Å²) in [5, 5.41) is 3.42. The summed E-state index contributed by atoms with van der Waals surface area (Å²) < 4.78 is 48.0. The van der Waals surface area contributed by atoms with E-state index in [1.807, 2.05) is 24.3 Å². The van der Waals surface area contributed by atoms with Gasteiger partial charge in [-0.15, -0.1) is 0 Å². The molecule has 2 aromatic rings. The Bertz CT molecular complexity index is 1310. The second-order valence-corrected chi connectivity index (χ2v) is 12.5. The molecule has 8 heteroatoms. The number of nitrogens with one attached hydrogen (secondary N) is 1. The molecule has 1 aliphatic carbocycles. The van der Waals surface area contributed by atoms with E-state index in [0.29, 0.717) is 17.9 Å². The molecular formula is C34H43F3N4O. The Kier molecular flexibility index (Phi) is 8.75. The first-order valence-electron chi connectivity index (χ1n) is 15.6. The molecule has 5 nitrogen and oxygen atoms in total. The maximum absolute atomic E-state index is 13.8. The highest BCUT2D eigenvalue weighted by atomic mass is 19.4. The lowest BCUT2D eigenvalue weighted by molar-refractivity contribution is -0.138. The van der Waals surface area contributed by atoms with Crippen molar-refractivity contribution in [2.24, 2.45) is 0 Å². The molecule has 3 fully saturated rings. The third-order valence-electron chi connectivity index (χ3n) is 9.48. The molecule has 1 aromatic carbocycles. The molecule has 0 amide bonds. The van der Waals surface area contributed by atoms with E-state index in [2.05, 4.69) is 41.1 Å². The van der Waals surface area contributed by atoms with Gasteiger partial charge in [-0.2, -0.15) is 13.2 Å². The summed E-state index contributed by atoms with van der Waals surface area (Å²) in [6.07, 6.45) is 7.39. The van der Waals surface area contributed by atoms with Gasteiger partial charge in [0.15, 0.2) is 0 Å². The number of piperidine rings is 1. The van der Waals surface area contributed by atoms with E-state index >= 15 is 0 Å². The fourth-order valence-electron chi connectivity index (χ4n) is 7.47. The normalized spacial score (nSPS) is 25.8. The average Bonchev–Trinajstić information content (AvgIpc) is 3.23. The Balaban J connectivity index is 1.11. The Hall–Kier alpha value is -2.68. The fourth-order valence-corrected chi connectivity index (χ4v) is 7.47. The highest BCUT2D eigenvalue weighted by molar-refractivity contribution is 5.64. The molecule has 42 heavy (non-hydrogen) atoms. The molecule has 0 saturated carbocycles. The van der Waals surface area contributed by atoms with Crippen molar-refractivity contribution in [3.63, 3.8) is 0 Å². The van der Waals surface area contributed by atoms with Crippen molar-refractivity contribution in [3.8, 4) is 0 Å². The predicted octanol–water partition coefficient (Wildman–Crippen LogP) is 6.47. The first-order valence-corrected chi connectivity index (χ1v) is 15.6. The first kappa shape index (κ1) is 29.4. The summed E-state index contributed by atoms with van der Waals surface area (Å²) in [7, 11) is 0. The number of benzene rings is 1. The zero-order valence-electron chi connectivity index (χ0n) is 24.8. The average molecular weight is 581 g/mol. The second kappa shape index (κ2) is 12.5. The third kappa shape index (κ3) is 6.61. The van der Waals surface area contributed by atoms with Crippen molar-refractivity contribution >= 4 is 11.9 Å². The van der Waals surface area contributed by atoms with Gasteiger partial charge in [0.05, 0.1) is 17.8 Å². The first-order chi connectivity index (χ1) is 20.2. The monoisotopic (exact) mass is 580 g/mol. The van der Waals surface area contributed by atoms with Gasteiger partial charge in [-0.25, -0.2) is 4.98 Å². The van der Waals surface area contributed by atoms with Gasteiger partial charge in [0.1, 0.15) is 5.82 Å². The molecule has 3 atom stereocenters. The van der Waals surface area contributed by atoms with Gasteiger partial charge in [0, 0.05) is 38.4 Å². The Morgan fingerprint density at radius 2 is 1.79 bits per heavy atom. The van der Waals surface area contributed by atoms with E-state index in [4.69, 9.17) is 9.72 Å². The summed E-state index contributed by atoms with van der Waals surface area (Å²) in [6.45, 7) is 11.1. The molecule has 1 aromatic heterocycles. The number of rotatable bonds is 5. The summed E-state index contributed by atoms with van der Waals surface area (Å²) in [6, 6.07) is 7.61. The smallest absolute Gasteiger partial charge is 0.374 e. The lowest BCUT2D eigenvalue weighted by Crippen LogP contribution is -2.44. The Morgan fingerprint density at radius 3 is 2.55 bits per heavy atom. The minimum Gasteiger partial charge on any atom is -0.374 e. The molecule has 4 aliphatic rings. The highest BCUT2D eigenvalue weighted by Gasteiger charge is 2.37. The molecule has 0 spiro atoms. The summed E-state index contributed by atoms with van der Waals surface area (Å²) in [5.41, 5.74) is 4.16. The molecule has 3 aliphatic heterocycles. The van der Waals surface area contributed by atoms with Crippen LogP contribution in [0.5, 0.6) is 0 Å². The van der Waals surface area contributed by atoms with Crippen LogP contribution in [0.3, 0.4) is 0 Å². The number of hydrogen-bond donors (Lipinski definition) is 1. The number of hydrogen-bond acceptors (Lipinski definition) is 5. The van der Waals surface area contributed by atoms with Gasteiger partial charge in [-0.1, -0.05) is 30.4 Å². The molecule has 1 N–H and O–H groups in total. The fraction of sp³-hybridized carbons (Fsp3) is 0.559. The van der Waals surface area contributed by atoms with E-state index in [9.17, 15) is 13.2 Å². The lowest BCUT2D eigenvalue weighted by Gasteiger charge is -2.40. The standard InChI is InChI=1S/C34H43F3N4O/c1-23-18-26(21-33(39-23)41-16-12-38-13-17-41)25-10-14-40(15-11-25)22-28-20-27(19-24(2)42-28)29-8-9-32(34(35,36)37)31-7-5-3-4-6-30(29)31/h3-6,8-9,18,21,24-25,27-28,38H,7,10-17,19-20,22H2,1-2H3/t24-,27?,28-/m1/s1. The molecule has 4 heterocycles. The molecular weight excluding hydrogens is 537 g/mol. The van der Waals surface area contributed by atoms with E-state index in [1.165, 1.54) is 11.6 Å². The van der Waals surface area contributed by atoms with Crippen LogP contribution in [0.15, 0.2) is 42.5 Å². The summed E-state index contributed by atoms with van der Waals surface area (Å²) in [4.78, 5) is 9.76. The largest absolute Gasteiger partial charge is 0.416 e.